The van der Waals surface area contributed by atoms with Crippen molar-refractivity contribution in [1.29, 1.82) is 0 Å². The molecule has 3 aromatic rings. The number of benzene rings is 2. The summed E-state index contributed by atoms with van der Waals surface area (Å²) in [6, 6.07) is 19.5. The molecule has 0 unspecified atom stereocenters. The van der Waals surface area contributed by atoms with Crippen LogP contribution in [0.5, 0.6) is 5.75 Å². The predicted molar refractivity (Wildman–Crippen MR) is 110 cm³/mol. The third-order valence-electron chi connectivity index (χ3n) is 4.91. The molecule has 0 saturated carbocycles. The Bertz CT molecular complexity index is 930. The molecular weight excluding hydrogens is 334 g/mol. The van der Waals surface area contributed by atoms with Crippen LogP contribution >= 0.6 is 0 Å². The van der Waals surface area contributed by atoms with E-state index >= 15 is 0 Å². The van der Waals surface area contributed by atoms with Crippen LogP contribution in [0, 0.1) is 5.41 Å². The highest BCUT2D eigenvalue weighted by Gasteiger charge is 2.28. The lowest BCUT2D eigenvalue weighted by Gasteiger charge is -2.23. The summed E-state index contributed by atoms with van der Waals surface area (Å²) >= 11 is 0. The molecular formula is C24H27NO2. The highest BCUT2D eigenvalue weighted by Crippen LogP contribution is 2.29. The molecule has 0 aliphatic heterocycles. The molecule has 3 rings (SSSR count). The molecule has 0 aliphatic rings. The molecule has 2 aromatic carbocycles. The first-order chi connectivity index (χ1) is 13.0. The summed E-state index contributed by atoms with van der Waals surface area (Å²) in [7, 11) is 0. The van der Waals surface area contributed by atoms with Gasteiger partial charge in [0.1, 0.15) is 12.4 Å². The van der Waals surface area contributed by atoms with E-state index in [0.717, 1.165) is 35.9 Å². The molecule has 0 N–H and O–H groups in total. The maximum absolute atomic E-state index is 12.9. The van der Waals surface area contributed by atoms with Crippen LogP contribution in [-0.2, 0) is 6.61 Å². The average Bonchev–Trinajstić information content (AvgIpc) is 2.70. The monoisotopic (exact) mass is 361 g/mol. The second-order valence-electron chi connectivity index (χ2n) is 7.63. The van der Waals surface area contributed by atoms with Gasteiger partial charge in [-0.05, 0) is 30.7 Å². The molecule has 0 fully saturated rings. The molecule has 0 bridgehead atoms. The number of para-hydroxylation sites is 1. The first kappa shape index (κ1) is 19.1. The molecule has 1 heterocycles. The molecule has 1 aromatic heterocycles. The molecule has 0 aliphatic carbocycles. The fourth-order valence-corrected chi connectivity index (χ4v) is 3.20. The molecule has 0 amide bonds. The quantitative estimate of drug-likeness (QED) is 0.448. The summed E-state index contributed by atoms with van der Waals surface area (Å²) in [5, 5.41) is 1.11. The Labute approximate surface area is 161 Å². The van der Waals surface area contributed by atoms with E-state index < -0.39 is 0 Å². The Morgan fingerprint density at radius 3 is 2.67 bits per heavy atom. The summed E-state index contributed by atoms with van der Waals surface area (Å²) in [5.41, 5.74) is 2.18. The average molecular weight is 361 g/mol. The number of hydrogen-bond donors (Lipinski definition) is 0. The van der Waals surface area contributed by atoms with Crippen LogP contribution in [0.1, 0.15) is 56.1 Å². The number of rotatable bonds is 8. The van der Waals surface area contributed by atoms with Crippen molar-refractivity contribution >= 4 is 16.7 Å². The minimum atomic E-state index is -0.353. The normalized spacial score (nSPS) is 11.5. The number of hydrogen-bond acceptors (Lipinski definition) is 3. The van der Waals surface area contributed by atoms with E-state index in [0.29, 0.717) is 17.9 Å². The Morgan fingerprint density at radius 1 is 1.04 bits per heavy atom. The van der Waals surface area contributed by atoms with Gasteiger partial charge in [0.15, 0.2) is 5.78 Å². The Morgan fingerprint density at radius 2 is 1.85 bits per heavy atom. The number of carbonyl (C=O) groups is 1. The fourth-order valence-electron chi connectivity index (χ4n) is 3.20. The number of ketones is 1. The van der Waals surface area contributed by atoms with Crippen LogP contribution in [-0.4, -0.2) is 10.8 Å². The van der Waals surface area contributed by atoms with Gasteiger partial charge in [-0.1, -0.05) is 70.0 Å². The van der Waals surface area contributed by atoms with Crippen LogP contribution in [0.25, 0.3) is 10.9 Å². The second-order valence-corrected chi connectivity index (χ2v) is 7.63. The maximum Gasteiger partial charge on any atom is 0.168 e. The summed E-state index contributed by atoms with van der Waals surface area (Å²) < 4.78 is 5.91. The minimum Gasteiger partial charge on any atom is -0.487 e. The van der Waals surface area contributed by atoms with Gasteiger partial charge < -0.3 is 4.74 Å². The van der Waals surface area contributed by atoms with Crippen LogP contribution in [0.4, 0.5) is 0 Å². The zero-order valence-corrected chi connectivity index (χ0v) is 16.4. The number of pyridine rings is 1. The van der Waals surface area contributed by atoms with Crippen LogP contribution < -0.4 is 4.74 Å². The Kier molecular flexibility index (Phi) is 5.90. The highest BCUT2D eigenvalue weighted by molar-refractivity contribution is 6.00. The summed E-state index contributed by atoms with van der Waals surface area (Å²) in [6.45, 7) is 6.58. The van der Waals surface area contributed by atoms with Crippen molar-refractivity contribution in [2.24, 2.45) is 5.41 Å². The summed E-state index contributed by atoms with van der Waals surface area (Å²) in [5.74, 6) is 0.868. The van der Waals surface area contributed by atoms with Gasteiger partial charge in [-0.2, -0.15) is 0 Å². The Hall–Kier alpha value is -2.68. The van der Waals surface area contributed by atoms with E-state index in [1.165, 1.54) is 0 Å². The van der Waals surface area contributed by atoms with E-state index in [4.69, 9.17) is 4.74 Å². The van der Waals surface area contributed by atoms with E-state index in [-0.39, 0.29) is 11.2 Å². The number of carbonyl (C=O) groups excluding carboxylic acids is 1. The lowest BCUT2D eigenvalue weighted by Crippen LogP contribution is -2.24. The van der Waals surface area contributed by atoms with Crippen molar-refractivity contribution in [1.82, 2.24) is 4.98 Å². The van der Waals surface area contributed by atoms with Gasteiger partial charge in [-0.15, -0.1) is 0 Å². The molecule has 3 heteroatoms. The van der Waals surface area contributed by atoms with Gasteiger partial charge in [0.2, 0.25) is 0 Å². The fraction of sp³-hybridized carbons (Fsp3) is 0.333. The lowest BCUT2D eigenvalue weighted by atomic mass is 9.80. The van der Waals surface area contributed by atoms with E-state index in [1.54, 1.807) is 0 Å². The van der Waals surface area contributed by atoms with Gasteiger partial charge in [-0.3, -0.25) is 4.79 Å². The molecule has 3 nitrogen and oxygen atoms in total. The maximum atomic E-state index is 12.9. The summed E-state index contributed by atoms with van der Waals surface area (Å²) in [4.78, 5) is 17.5. The van der Waals surface area contributed by atoms with Crippen LogP contribution in [0.15, 0.2) is 60.7 Å². The molecule has 0 radical (unpaired) electrons. The van der Waals surface area contributed by atoms with Crippen molar-refractivity contribution in [3.05, 3.63) is 71.9 Å². The van der Waals surface area contributed by atoms with Gasteiger partial charge in [0.05, 0.1) is 11.2 Å². The number of Topliss-reactive ketones (excluding diaryl/α,β-unsaturated/α-hetero) is 1. The number of nitrogens with zero attached hydrogens (tertiary/aromatic N) is 1. The van der Waals surface area contributed by atoms with E-state index in [1.807, 2.05) is 68.4 Å². The Balaban J connectivity index is 1.70. The molecule has 27 heavy (non-hydrogen) atoms. The van der Waals surface area contributed by atoms with Gasteiger partial charge in [-0.25, -0.2) is 4.98 Å². The number of unbranched alkanes of at least 4 members (excludes halogenated alkanes) is 1. The van der Waals surface area contributed by atoms with Gasteiger partial charge in [0, 0.05) is 16.4 Å². The van der Waals surface area contributed by atoms with Crippen molar-refractivity contribution in [3.8, 4) is 5.75 Å². The van der Waals surface area contributed by atoms with Gasteiger partial charge >= 0.3 is 0 Å². The highest BCUT2D eigenvalue weighted by atomic mass is 16.5. The third-order valence-corrected chi connectivity index (χ3v) is 4.91. The van der Waals surface area contributed by atoms with E-state index in [9.17, 15) is 4.79 Å². The minimum absolute atomic E-state index is 0.172. The molecule has 0 saturated heterocycles. The zero-order chi connectivity index (χ0) is 19.3. The van der Waals surface area contributed by atoms with Crippen LogP contribution in [0.2, 0.25) is 0 Å². The van der Waals surface area contributed by atoms with Crippen molar-refractivity contribution in [3.63, 3.8) is 0 Å². The largest absolute Gasteiger partial charge is 0.487 e. The molecule has 0 spiro atoms. The molecule has 0 atom stereocenters. The third kappa shape index (κ3) is 4.73. The van der Waals surface area contributed by atoms with E-state index in [2.05, 4.69) is 18.0 Å². The second kappa shape index (κ2) is 8.34. The van der Waals surface area contributed by atoms with Gasteiger partial charge in [0.25, 0.3) is 0 Å². The predicted octanol–water partition coefficient (Wildman–Crippen LogP) is 6.21. The smallest absolute Gasteiger partial charge is 0.168 e. The van der Waals surface area contributed by atoms with Crippen molar-refractivity contribution in [2.45, 2.75) is 46.6 Å². The van der Waals surface area contributed by atoms with Crippen LogP contribution in [0.3, 0.4) is 0 Å². The summed E-state index contributed by atoms with van der Waals surface area (Å²) in [6.07, 6.45) is 3.05. The zero-order valence-electron chi connectivity index (χ0n) is 16.4. The number of fused-ring (bicyclic) bond motifs is 1. The van der Waals surface area contributed by atoms with Crippen molar-refractivity contribution < 1.29 is 9.53 Å². The molecule has 140 valence electrons. The topological polar surface area (TPSA) is 39.2 Å². The standard InChI is InChI=1S/C24H27NO2/c1-4-5-15-24(2,3)23(26)19-10-8-11-21(16-19)27-17-20-14-13-18-9-6-7-12-22(18)25-20/h6-14,16H,4-5,15,17H2,1-3H3. The first-order valence-corrected chi connectivity index (χ1v) is 9.62. The lowest BCUT2D eigenvalue weighted by molar-refractivity contribution is 0.0823. The number of ether oxygens (including phenoxy) is 1. The first-order valence-electron chi connectivity index (χ1n) is 9.62. The number of aromatic nitrogens is 1. The SMILES string of the molecule is CCCCC(C)(C)C(=O)c1cccc(OCc2ccc3ccccc3n2)c1. The van der Waals surface area contributed by atoms with Crippen molar-refractivity contribution in [2.75, 3.05) is 0 Å².